The number of allylic oxidation sites excluding steroid dienone is 2. The molecule has 1 aromatic heterocycles. The second kappa shape index (κ2) is 7.94. The van der Waals surface area contributed by atoms with Crippen LogP contribution in [-0.4, -0.2) is 24.5 Å². The zero-order valence-electron chi connectivity index (χ0n) is 16.7. The topological polar surface area (TPSA) is 95.5 Å². The molecule has 0 aliphatic heterocycles. The molecule has 1 aromatic rings. The van der Waals surface area contributed by atoms with E-state index in [-0.39, 0.29) is 24.3 Å². The molecule has 0 saturated heterocycles. The minimum Gasteiger partial charge on any atom is -0.550 e. The first-order valence-electron chi connectivity index (χ1n) is 10.4. The largest absolute Gasteiger partial charge is 0.550 e. The Labute approximate surface area is 174 Å². The van der Waals surface area contributed by atoms with E-state index in [4.69, 9.17) is 4.74 Å². The number of anilines is 1. The summed E-state index contributed by atoms with van der Waals surface area (Å²) in [6.45, 7) is 4.17. The zero-order valence-corrected chi connectivity index (χ0v) is 17.6. The van der Waals surface area contributed by atoms with Crippen LogP contribution in [-0.2, 0) is 27.2 Å². The maximum Gasteiger partial charge on any atom is 0.341 e. The van der Waals surface area contributed by atoms with E-state index in [9.17, 15) is 19.5 Å². The summed E-state index contributed by atoms with van der Waals surface area (Å²) in [5.41, 5.74) is 1.43. The molecule has 0 aromatic carbocycles. The molecule has 156 valence electrons. The first-order chi connectivity index (χ1) is 13.9. The number of carbonyl (C=O) groups is 3. The number of hydrogen-bond acceptors (Lipinski definition) is 6. The average Bonchev–Trinajstić information content (AvgIpc) is 3.05. The SMILES string of the molecule is CCOC(=O)c1c(NC(=O)[C@@H]2[C@@H](C(=O)[O-])[C@H]3C=C[C@H]2CC3)sc2c1C[C@@H](C)CC2. The summed E-state index contributed by atoms with van der Waals surface area (Å²) in [4.78, 5) is 38.8. The quantitative estimate of drug-likeness (QED) is 0.588. The molecule has 29 heavy (non-hydrogen) atoms. The van der Waals surface area contributed by atoms with Crippen molar-refractivity contribution in [2.24, 2.45) is 29.6 Å². The standard InChI is InChI=1S/C22H27NO5S/c1-3-28-22(27)18-14-10-11(2)4-9-15(14)29-20(18)23-19(24)16-12-5-7-13(8-6-12)17(16)21(25)26/h5,7,11-13,16-17H,3-4,6,8-10H2,1-2H3,(H,23,24)(H,25,26)/p-1/t11-,12-,13-,16-,17-/m0/s1. The molecule has 0 radical (unpaired) electrons. The number of nitrogens with one attached hydrogen (secondary N) is 1. The van der Waals surface area contributed by atoms with Gasteiger partial charge in [-0.1, -0.05) is 19.1 Å². The van der Waals surface area contributed by atoms with E-state index in [1.165, 1.54) is 11.3 Å². The van der Waals surface area contributed by atoms with Gasteiger partial charge in [-0.15, -0.1) is 11.3 Å². The van der Waals surface area contributed by atoms with Crippen molar-refractivity contribution < 1.29 is 24.2 Å². The van der Waals surface area contributed by atoms with Crippen molar-refractivity contribution >= 4 is 34.2 Å². The fourth-order valence-electron chi connectivity index (χ4n) is 5.13. The van der Waals surface area contributed by atoms with E-state index in [0.29, 0.717) is 16.5 Å². The van der Waals surface area contributed by atoms with Crippen molar-refractivity contribution in [3.05, 3.63) is 28.2 Å². The molecular formula is C22H26NO5S-. The fraction of sp³-hybridized carbons (Fsp3) is 0.591. The highest BCUT2D eigenvalue weighted by Gasteiger charge is 2.45. The predicted octanol–water partition coefficient (Wildman–Crippen LogP) is 2.57. The number of hydrogen-bond donors (Lipinski definition) is 1. The average molecular weight is 417 g/mol. The Morgan fingerprint density at radius 1 is 1.17 bits per heavy atom. The summed E-state index contributed by atoms with van der Waals surface area (Å²) in [5.74, 6) is -3.22. The normalized spacial score (nSPS) is 29.9. The lowest BCUT2D eigenvalue weighted by Crippen LogP contribution is -2.51. The number of aliphatic carboxylic acids is 1. The van der Waals surface area contributed by atoms with Crippen LogP contribution >= 0.6 is 11.3 Å². The number of esters is 1. The molecule has 0 unspecified atom stereocenters. The van der Waals surface area contributed by atoms with Gasteiger partial charge in [-0.3, -0.25) is 4.79 Å². The molecule has 4 aliphatic rings. The van der Waals surface area contributed by atoms with Crippen LogP contribution in [0.1, 0.15) is 53.9 Å². The summed E-state index contributed by atoms with van der Waals surface area (Å²) < 4.78 is 5.27. The molecular weight excluding hydrogens is 390 g/mol. The molecule has 0 spiro atoms. The van der Waals surface area contributed by atoms with Gasteiger partial charge in [0.15, 0.2) is 0 Å². The van der Waals surface area contributed by atoms with E-state index < -0.39 is 23.8 Å². The summed E-state index contributed by atoms with van der Waals surface area (Å²) in [6, 6.07) is 0. The minimum absolute atomic E-state index is 0.108. The van der Waals surface area contributed by atoms with Crippen molar-refractivity contribution in [3.8, 4) is 0 Å². The van der Waals surface area contributed by atoms with Crippen LogP contribution in [0.4, 0.5) is 5.00 Å². The summed E-state index contributed by atoms with van der Waals surface area (Å²) in [5, 5.41) is 15.2. The van der Waals surface area contributed by atoms with Crippen LogP contribution < -0.4 is 10.4 Å². The molecule has 7 heteroatoms. The van der Waals surface area contributed by atoms with Gasteiger partial charge in [0, 0.05) is 16.8 Å². The molecule has 1 N–H and O–H groups in total. The van der Waals surface area contributed by atoms with Crippen molar-refractivity contribution in [3.63, 3.8) is 0 Å². The summed E-state index contributed by atoms with van der Waals surface area (Å²) >= 11 is 1.43. The number of thiophene rings is 1. The molecule has 1 fully saturated rings. The maximum atomic E-state index is 13.2. The number of carboxylic acids is 1. The van der Waals surface area contributed by atoms with Gasteiger partial charge in [0.1, 0.15) is 5.00 Å². The molecule has 1 amide bonds. The van der Waals surface area contributed by atoms with Crippen molar-refractivity contribution in [1.82, 2.24) is 0 Å². The number of rotatable bonds is 5. The van der Waals surface area contributed by atoms with E-state index in [1.54, 1.807) is 6.92 Å². The molecule has 5 rings (SSSR count). The Kier molecular flexibility index (Phi) is 5.51. The second-order valence-electron chi connectivity index (χ2n) is 8.43. The highest BCUT2D eigenvalue weighted by molar-refractivity contribution is 7.17. The molecule has 1 saturated carbocycles. The summed E-state index contributed by atoms with van der Waals surface area (Å²) in [6.07, 6.45) is 8.15. The third-order valence-electron chi connectivity index (χ3n) is 6.55. The van der Waals surface area contributed by atoms with Crippen LogP contribution in [0, 0.1) is 29.6 Å². The van der Waals surface area contributed by atoms with Crippen LogP contribution in [0.5, 0.6) is 0 Å². The fourth-order valence-corrected chi connectivity index (χ4v) is 6.37. The lowest BCUT2D eigenvalue weighted by molar-refractivity contribution is -0.316. The zero-order chi connectivity index (χ0) is 20.7. The van der Waals surface area contributed by atoms with Crippen LogP contribution in [0.2, 0.25) is 0 Å². The monoisotopic (exact) mass is 416 g/mol. The molecule has 6 nitrogen and oxygen atoms in total. The number of amides is 1. The van der Waals surface area contributed by atoms with Gasteiger partial charge >= 0.3 is 5.97 Å². The lowest BCUT2D eigenvalue weighted by Gasteiger charge is -2.44. The van der Waals surface area contributed by atoms with Crippen molar-refractivity contribution in [1.29, 1.82) is 0 Å². The maximum absolute atomic E-state index is 13.2. The van der Waals surface area contributed by atoms with Crippen LogP contribution in [0.25, 0.3) is 0 Å². The number of carbonyl (C=O) groups excluding carboxylic acids is 3. The minimum atomic E-state index is -1.17. The van der Waals surface area contributed by atoms with Gasteiger partial charge in [0.25, 0.3) is 0 Å². The van der Waals surface area contributed by atoms with Gasteiger partial charge in [-0.2, -0.15) is 0 Å². The van der Waals surface area contributed by atoms with E-state index >= 15 is 0 Å². The smallest absolute Gasteiger partial charge is 0.341 e. The first-order valence-corrected chi connectivity index (χ1v) is 11.2. The predicted molar refractivity (Wildman–Crippen MR) is 107 cm³/mol. The van der Waals surface area contributed by atoms with E-state index in [0.717, 1.165) is 42.5 Å². The van der Waals surface area contributed by atoms with Gasteiger partial charge in [0.2, 0.25) is 5.91 Å². The first kappa shape index (κ1) is 20.1. The van der Waals surface area contributed by atoms with Crippen molar-refractivity contribution in [2.75, 3.05) is 11.9 Å². The Hall–Kier alpha value is -2.15. The van der Waals surface area contributed by atoms with Crippen molar-refractivity contribution in [2.45, 2.75) is 46.0 Å². The van der Waals surface area contributed by atoms with E-state index in [1.807, 2.05) is 12.2 Å². The molecule has 5 atom stereocenters. The lowest BCUT2D eigenvalue weighted by atomic mass is 9.62. The molecule has 2 bridgehead atoms. The highest BCUT2D eigenvalue weighted by atomic mass is 32.1. The highest BCUT2D eigenvalue weighted by Crippen LogP contribution is 2.46. The number of aryl methyl sites for hydroxylation is 1. The Bertz CT molecular complexity index is 873. The second-order valence-corrected chi connectivity index (χ2v) is 9.53. The third kappa shape index (κ3) is 3.61. The van der Waals surface area contributed by atoms with Crippen LogP contribution in [0.3, 0.4) is 0 Å². The summed E-state index contributed by atoms with van der Waals surface area (Å²) in [7, 11) is 0. The van der Waals surface area contributed by atoms with E-state index in [2.05, 4.69) is 12.2 Å². The van der Waals surface area contributed by atoms with Crippen LogP contribution in [0.15, 0.2) is 12.2 Å². The molecule has 4 aliphatic carbocycles. The third-order valence-corrected chi connectivity index (χ3v) is 7.75. The Morgan fingerprint density at radius 3 is 2.48 bits per heavy atom. The molecule has 1 heterocycles. The number of ether oxygens (including phenoxy) is 1. The van der Waals surface area contributed by atoms with Gasteiger partial charge in [0.05, 0.1) is 18.1 Å². The van der Waals surface area contributed by atoms with Gasteiger partial charge in [-0.05, 0) is 62.3 Å². The number of carboxylic acid groups (broad SMARTS) is 1. The van der Waals surface area contributed by atoms with Gasteiger partial charge < -0.3 is 20.0 Å². The van der Waals surface area contributed by atoms with Gasteiger partial charge in [-0.25, -0.2) is 4.79 Å². The Balaban J connectivity index is 1.65. The Morgan fingerprint density at radius 2 is 1.86 bits per heavy atom. The number of fused-ring (bicyclic) bond motifs is 3.